The second-order valence-electron chi connectivity index (χ2n) is 2.45. The van der Waals surface area contributed by atoms with Gasteiger partial charge in [0, 0.05) is 24.6 Å². The highest BCUT2D eigenvalue weighted by Gasteiger charge is 2.15. The topological polar surface area (TPSA) is 49.4 Å². The first-order valence-corrected chi connectivity index (χ1v) is 5.04. The number of carbonyl (C=O) groups excluding carboxylic acids is 2. The van der Waals surface area contributed by atoms with Crippen molar-refractivity contribution in [1.82, 2.24) is 10.2 Å². The van der Waals surface area contributed by atoms with Gasteiger partial charge in [-0.1, -0.05) is 0 Å². The lowest BCUT2D eigenvalue weighted by Crippen LogP contribution is -2.44. The van der Waals surface area contributed by atoms with E-state index in [1.807, 2.05) is 11.8 Å². The van der Waals surface area contributed by atoms with E-state index in [4.69, 9.17) is 0 Å². The van der Waals surface area contributed by atoms with E-state index in [0.717, 1.165) is 24.6 Å². The van der Waals surface area contributed by atoms with Gasteiger partial charge in [0.25, 0.3) is 0 Å². The molecule has 0 saturated carbocycles. The molecular weight excluding hydrogens is 176 g/mol. The maximum atomic E-state index is 11.2. The van der Waals surface area contributed by atoms with Crippen molar-refractivity contribution in [3.05, 3.63) is 0 Å². The third-order valence-electron chi connectivity index (χ3n) is 1.63. The number of rotatable bonds is 2. The molecule has 0 aromatic carbocycles. The molecule has 0 aliphatic carbocycles. The second-order valence-corrected chi connectivity index (χ2v) is 3.68. The second kappa shape index (κ2) is 5.03. The summed E-state index contributed by atoms with van der Waals surface area (Å²) in [4.78, 5) is 22.9. The summed E-state index contributed by atoms with van der Waals surface area (Å²) in [6.07, 6.45) is 0.691. The fourth-order valence-electron chi connectivity index (χ4n) is 1.01. The van der Waals surface area contributed by atoms with Crippen molar-refractivity contribution < 1.29 is 9.59 Å². The van der Waals surface area contributed by atoms with E-state index in [2.05, 4.69) is 5.32 Å². The molecular formula is C7H12N2O2S. The van der Waals surface area contributed by atoms with Gasteiger partial charge < -0.3 is 15.0 Å². The van der Waals surface area contributed by atoms with Crippen LogP contribution in [-0.2, 0) is 4.79 Å². The number of amides is 2. The highest BCUT2D eigenvalue weighted by atomic mass is 32.2. The predicted molar refractivity (Wildman–Crippen MR) is 48.4 cm³/mol. The van der Waals surface area contributed by atoms with Crippen LogP contribution in [0.25, 0.3) is 0 Å². The van der Waals surface area contributed by atoms with Crippen molar-refractivity contribution >= 4 is 24.1 Å². The first kappa shape index (κ1) is 9.38. The number of carbonyl (C=O) groups is 2. The first-order chi connectivity index (χ1) is 5.84. The lowest BCUT2D eigenvalue weighted by Gasteiger charge is -2.26. The van der Waals surface area contributed by atoms with Gasteiger partial charge in [-0.25, -0.2) is 4.79 Å². The Morgan fingerprint density at radius 3 is 2.75 bits per heavy atom. The molecule has 1 aliphatic rings. The molecule has 0 atom stereocenters. The Balaban J connectivity index is 2.24. The quantitative estimate of drug-likeness (QED) is 0.618. The fraction of sp³-hybridized carbons (Fsp3) is 0.714. The SMILES string of the molecule is O=CCNC(=O)N1CCSCC1. The Hall–Kier alpha value is -0.710. The van der Waals surface area contributed by atoms with Crippen LogP contribution in [0.5, 0.6) is 0 Å². The number of urea groups is 1. The van der Waals surface area contributed by atoms with E-state index in [0.29, 0.717) is 6.29 Å². The van der Waals surface area contributed by atoms with Gasteiger partial charge in [-0.2, -0.15) is 11.8 Å². The average Bonchev–Trinajstić information content (AvgIpc) is 2.15. The van der Waals surface area contributed by atoms with Crippen molar-refractivity contribution in [2.45, 2.75) is 0 Å². The Morgan fingerprint density at radius 2 is 2.17 bits per heavy atom. The summed E-state index contributed by atoms with van der Waals surface area (Å²) in [5.74, 6) is 1.99. The van der Waals surface area contributed by atoms with Crippen LogP contribution in [0.2, 0.25) is 0 Å². The summed E-state index contributed by atoms with van der Waals surface area (Å²) in [6, 6.07) is -0.123. The molecule has 1 rings (SSSR count). The molecule has 4 nitrogen and oxygen atoms in total. The zero-order valence-corrected chi connectivity index (χ0v) is 7.60. The van der Waals surface area contributed by atoms with Crippen molar-refractivity contribution in [3.63, 3.8) is 0 Å². The fourth-order valence-corrected chi connectivity index (χ4v) is 1.91. The standard InChI is InChI=1S/C7H12N2O2S/c10-4-1-8-7(11)9-2-5-12-6-3-9/h4H,1-3,5-6H2,(H,8,11). The molecule has 1 saturated heterocycles. The van der Waals surface area contributed by atoms with Gasteiger partial charge in [-0.3, -0.25) is 0 Å². The van der Waals surface area contributed by atoms with E-state index in [9.17, 15) is 9.59 Å². The van der Waals surface area contributed by atoms with Crippen LogP contribution in [0.4, 0.5) is 4.79 Å². The molecule has 1 fully saturated rings. The third-order valence-corrected chi connectivity index (χ3v) is 2.58. The van der Waals surface area contributed by atoms with E-state index in [-0.39, 0.29) is 12.6 Å². The molecule has 12 heavy (non-hydrogen) atoms. The van der Waals surface area contributed by atoms with E-state index in [1.54, 1.807) is 4.90 Å². The lowest BCUT2D eigenvalue weighted by atomic mass is 10.5. The van der Waals surface area contributed by atoms with Gasteiger partial charge in [0.1, 0.15) is 6.29 Å². The van der Waals surface area contributed by atoms with Crippen molar-refractivity contribution in [2.24, 2.45) is 0 Å². The monoisotopic (exact) mass is 188 g/mol. The summed E-state index contributed by atoms with van der Waals surface area (Å²) >= 11 is 1.85. The molecule has 0 unspecified atom stereocenters. The van der Waals surface area contributed by atoms with Crippen LogP contribution in [0.15, 0.2) is 0 Å². The summed E-state index contributed by atoms with van der Waals surface area (Å²) in [6.45, 7) is 1.69. The summed E-state index contributed by atoms with van der Waals surface area (Å²) in [5, 5.41) is 2.51. The number of hydrogen-bond donors (Lipinski definition) is 1. The predicted octanol–water partition coefficient (Wildman–Crippen LogP) is -0.0563. The Labute approximate surface area is 75.7 Å². The molecule has 0 aromatic heterocycles. The number of nitrogens with one attached hydrogen (secondary N) is 1. The molecule has 2 amide bonds. The minimum atomic E-state index is -0.123. The Bertz CT molecular complexity index is 169. The first-order valence-electron chi connectivity index (χ1n) is 3.89. The number of thioether (sulfide) groups is 1. The Morgan fingerprint density at radius 1 is 1.50 bits per heavy atom. The van der Waals surface area contributed by atoms with Crippen LogP contribution in [0, 0.1) is 0 Å². The van der Waals surface area contributed by atoms with Crippen LogP contribution in [0.3, 0.4) is 0 Å². The number of hydrogen-bond acceptors (Lipinski definition) is 3. The average molecular weight is 188 g/mol. The molecule has 0 radical (unpaired) electrons. The molecule has 1 heterocycles. The third kappa shape index (κ3) is 2.73. The minimum Gasteiger partial charge on any atom is -0.331 e. The van der Waals surface area contributed by atoms with Crippen LogP contribution in [-0.4, -0.2) is 48.4 Å². The normalized spacial score (nSPS) is 17.2. The maximum absolute atomic E-state index is 11.2. The van der Waals surface area contributed by atoms with Gasteiger partial charge in [-0.05, 0) is 0 Å². The van der Waals surface area contributed by atoms with Gasteiger partial charge in [0.15, 0.2) is 0 Å². The molecule has 68 valence electrons. The van der Waals surface area contributed by atoms with Crippen LogP contribution < -0.4 is 5.32 Å². The highest BCUT2D eigenvalue weighted by molar-refractivity contribution is 7.99. The molecule has 0 bridgehead atoms. The molecule has 0 aromatic rings. The lowest BCUT2D eigenvalue weighted by molar-refractivity contribution is -0.107. The zero-order chi connectivity index (χ0) is 8.81. The number of aldehydes is 1. The number of nitrogens with zero attached hydrogens (tertiary/aromatic N) is 1. The van der Waals surface area contributed by atoms with Gasteiger partial charge in [-0.15, -0.1) is 0 Å². The highest BCUT2D eigenvalue weighted by Crippen LogP contribution is 2.08. The maximum Gasteiger partial charge on any atom is 0.317 e. The molecule has 5 heteroatoms. The summed E-state index contributed by atoms with van der Waals surface area (Å²) < 4.78 is 0. The van der Waals surface area contributed by atoms with E-state index < -0.39 is 0 Å². The molecule has 0 spiro atoms. The minimum absolute atomic E-state index is 0.114. The van der Waals surface area contributed by atoms with Crippen molar-refractivity contribution in [2.75, 3.05) is 31.1 Å². The van der Waals surface area contributed by atoms with Crippen molar-refractivity contribution in [1.29, 1.82) is 0 Å². The van der Waals surface area contributed by atoms with Crippen LogP contribution >= 0.6 is 11.8 Å². The Kier molecular flexibility index (Phi) is 3.93. The largest absolute Gasteiger partial charge is 0.331 e. The van der Waals surface area contributed by atoms with E-state index >= 15 is 0 Å². The summed E-state index contributed by atoms with van der Waals surface area (Å²) in [7, 11) is 0. The van der Waals surface area contributed by atoms with Gasteiger partial charge in [0.2, 0.25) is 0 Å². The zero-order valence-electron chi connectivity index (χ0n) is 6.78. The van der Waals surface area contributed by atoms with Crippen molar-refractivity contribution in [3.8, 4) is 0 Å². The van der Waals surface area contributed by atoms with Gasteiger partial charge >= 0.3 is 6.03 Å². The summed E-state index contributed by atoms with van der Waals surface area (Å²) in [5.41, 5.74) is 0. The molecule has 1 aliphatic heterocycles. The smallest absolute Gasteiger partial charge is 0.317 e. The molecule has 1 N–H and O–H groups in total. The van der Waals surface area contributed by atoms with Gasteiger partial charge in [0.05, 0.1) is 6.54 Å². The van der Waals surface area contributed by atoms with E-state index in [1.165, 1.54) is 0 Å². The van der Waals surface area contributed by atoms with Crippen LogP contribution in [0.1, 0.15) is 0 Å².